The highest BCUT2D eigenvalue weighted by Crippen LogP contribution is 2.22. The van der Waals surface area contributed by atoms with Gasteiger partial charge in [-0.15, -0.1) is 11.3 Å². The maximum Gasteiger partial charge on any atom is 0.349 e. The van der Waals surface area contributed by atoms with Crippen molar-refractivity contribution in [2.24, 2.45) is 5.92 Å². The van der Waals surface area contributed by atoms with Crippen molar-refractivity contribution < 1.29 is 22.8 Å². The number of carbonyl (C=O) groups is 1. The summed E-state index contributed by atoms with van der Waals surface area (Å²) in [6, 6.07) is 1.33. The first kappa shape index (κ1) is 15.1. The highest BCUT2D eigenvalue weighted by atomic mass is 32.2. The Kier molecular flexibility index (Phi) is 5.27. The number of nitrogens with one attached hydrogen (secondary N) is 1. The molecule has 0 aliphatic carbocycles. The van der Waals surface area contributed by atoms with Crippen molar-refractivity contribution in [3.05, 3.63) is 16.3 Å². The molecule has 0 unspecified atom stereocenters. The van der Waals surface area contributed by atoms with Crippen molar-refractivity contribution in [2.45, 2.75) is 18.7 Å². The zero-order valence-electron chi connectivity index (χ0n) is 10.3. The Labute approximate surface area is 110 Å². The van der Waals surface area contributed by atoms with Gasteiger partial charge in [0.05, 0.1) is 13.7 Å². The van der Waals surface area contributed by atoms with Crippen molar-refractivity contribution in [3.8, 4) is 0 Å². The summed E-state index contributed by atoms with van der Waals surface area (Å²) in [5.74, 6) is -0.496. The predicted molar refractivity (Wildman–Crippen MR) is 66.8 cm³/mol. The molecule has 0 amide bonds. The van der Waals surface area contributed by atoms with Gasteiger partial charge in [-0.05, 0) is 17.4 Å². The highest BCUT2D eigenvalue weighted by molar-refractivity contribution is 7.89. The van der Waals surface area contributed by atoms with Crippen LogP contribution in [0, 0.1) is 5.92 Å². The summed E-state index contributed by atoms with van der Waals surface area (Å²) >= 11 is 1.000. The Morgan fingerprint density at radius 1 is 1.50 bits per heavy atom. The lowest BCUT2D eigenvalue weighted by molar-refractivity contribution is 0.0600. The van der Waals surface area contributed by atoms with E-state index in [4.69, 9.17) is 4.84 Å². The van der Waals surface area contributed by atoms with E-state index in [9.17, 15) is 13.2 Å². The summed E-state index contributed by atoms with van der Waals surface area (Å²) in [5.41, 5.74) is 0. The van der Waals surface area contributed by atoms with Crippen LogP contribution in [0.5, 0.6) is 0 Å². The molecule has 0 aliphatic heterocycles. The second-order valence-corrected chi connectivity index (χ2v) is 6.43. The molecule has 0 aromatic carbocycles. The maximum atomic E-state index is 11.9. The molecule has 0 saturated heterocycles. The predicted octanol–water partition coefficient (Wildman–Crippen LogP) is 1.40. The van der Waals surface area contributed by atoms with E-state index in [2.05, 4.69) is 4.74 Å². The van der Waals surface area contributed by atoms with Gasteiger partial charge in [-0.1, -0.05) is 18.7 Å². The first-order valence-electron chi connectivity index (χ1n) is 5.18. The molecule has 6 nitrogen and oxygen atoms in total. The molecule has 8 heteroatoms. The lowest BCUT2D eigenvalue weighted by atomic mass is 10.2. The van der Waals surface area contributed by atoms with E-state index in [1.807, 2.05) is 18.7 Å². The number of esters is 1. The van der Waals surface area contributed by atoms with Crippen molar-refractivity contribution in [2.75, 3.05) is 13.7 Å². The maximum absolute atomic E-state index is 11.9. The Morgan fingerprint density at radius 3 is 2.72 bits per heavy atom. The number of ether oxygens (including phenoxy) is 1. The second-order valence-electron chi connectivity index (χ2n) is 3.90. The lowest BCUT2D eigenvalue weighted by Gasteiger charge is -2.08. The molecule has 0 bridgehead atoms. The van der Waals surface area contributed by atoms with E-state index in [0.29, 0.717) is 0 Å². The van der Waals surface area contributed by atoms with E-state index in [1.54, 1.807) is 0 Å². The van der Waals surface area contributed by atoms with Gasteiger partial charge < -0.3 is 4.74 Å². The average Bonchev–Trinajstić information content (AvgIpc) is 2.76. The van der Waals surface area contributed by atoms with Gasteiger partial charge in [-0.2, -0.15) is 0 Å². The smallest absolute Gasteiger partial charge is 0.349 e. The zero-order valence-corrected chi connectivity index (χ0v) is 11.9. The summed E-state index contributed by atoms with van der Waals surface area (Å²) in [5, 5.41) is 1.50. The Hall–Kier alpha value is -0.960. The van der Waals surface area contributed by atoms with Crippen LogP contribution in [0.1, 0.15) is 23.5 Å². The largest absolute Gasteiger partial charge is 0.465 e. The first-order valence-corrected chi connectivity index (χ1v) is 7.54. The lowest BCUT2D eigenvalue weighted by Crippen LogP contribution is -2.26. The molecule has 0 saturated carbocycles. The fourth-order valence-corrected chi connectivity index (χ4v) is 3.22. The molecule has 1 heterocycles. The Morgan fingerprint density at radius 2 is 2.17 bits per heavy atom. The van der Waals surface area contributed by atoms with Gasteiger partial charge in [-0.25, -0.2) is 13.2 Å². The van der Waals surface area contributed by atoms with Crippen LogP contribution in [-0.2, 0) is 19.6 Å². The molecule has 0 spiro atoms. The number of methoxy groups -OCH3 is 1. The zero-order chi connectivity index (χ0) is 13.8. The van der Waals surface area contributed by atoms with Gasteiger partial charge in [-0.3, -0.25) is 4.84 Å². The van der Waals surface area contributed by atoms with E-state index in [-0.39, 0.29) is 22.3 Å². The van der Waals surface area contributed by atoms with Crippen molar-refractivity contribution in [1.82, 2.24) is 4.89 Å². The van der Waals surface area contributed by atoms with Crippen LogP contribution in [0.25, 0.3) is 0 Å². The highest BCUT2D eigenvalue weighted by Gasteiger charge is 2.24. The number of carbonyl (C=O) groups excluding carboxylic acids is 1. The van der Waals surface area contributed by atoms with Gasteiger partial charge in [0.25, 0.3) is 10.0 Å². The number of hydrogen-bond acceptors (Lipinski definition) is 6. The Balaban J connectivity index is 2.85. The minimum absolute atomic E-state index is 0.0261. The topological polar surface area (TPSA) is 81.7 Å². The van der Waals surface area contributed by atoms with Crippen LogP contribution < -0.4 is 4.89 Å². The molecule has 0 radical (unpaired) electrons. The molecular weight excluding hydrogens is 278 g/mol. The molecule has 1 aromatic heterocycles. The summed E-state index contributed by atoms with van der Waals surface area (Å²) in [6.07, 6.45) is 0. The summed E-state index contributed by atoms with van der Waals surface area (Å²) in [7, 11) is -2.67. The number of thiophene rings is 1. The summed E-state index contributed by atoms with van der Waals surface area (Å²) in [4.78, 5) is 18.1. The summed E-state index contributed by atoms with van der Waals surface area (Å²) in [6.45, 7) is 4.02. The van der Waals surface area contributed by atoms with Crippen molar-refractivity contribution in [3.63, 3.8) is 0 Å². The van der Waals surface area contributed by atoms with Crippen molar-refractivity contribution >= 4 is 27.3 Å². The second kappa shape index (κ2) is 6.28. The summed E-state index contributed by atoms with van der Waals surface area (Å²) < 4.78 is 28.3. The molecule has 1 rings (SSSR count). The quantitative estimate of drug-likeness (QED) is 0.633. The minimum atomic E-state index is -3.86. The van der Waals surface area contributed by atoms with Crippen LogP contribution in [0.2, 0.25) is 0 Å². The average molecular weight is 293 g/mol. The standard InChI is InChI=1S/C10H15NO5S2/c1-7(2)6-16-11-18(13,14)8-4-5-17-9(8)10(12)15-3/h4-5,7,11H,6H2,1-3H3. The van der Waals surface area contributed by atoms with E-state index >= 15 is 0 Å². The third-order valence-corrected chi connectivity index (χ3v) is 4.15. The first-order chi connectivity index (χ1) is 8.38. The molecule has 0 fully saturated rings. The molecule has 18 heavy (non-hydrogen) atoms. The molecule has 0 atom stereocenters. The number of sulfonamides is 1. The third-order valence-electron chi connectivity index (χ3n) is 1.87. The van der Waals surface area contributed by atoms with Gasteiger partial charge in [0.2, 0.25) is 0 Å². The van der Waals surface area contributed by atoms with E-state index in [1.165, 1.54) is 18.6 Å². The number of rotatable bonds is 6. The van der Waals surface area contributed by atoms with Crippen LogP contribution in [0.15, 0.2) is 16.3 Å². The van der Waals surface area contributed by atoms with Gasteiger partial charge in [0.1, 0.15) is 9.77 Å². The molecule has 102 valence electrons. The van der Waals surface area contributed by atoms with Gasteiger partial charge >= 0.3 is 5.97 Å². The van der Waals surface area contributed by atoms with Gasteiger partial charge in [0, 0.05) is 0 Å². The van der Waals surface area contributed by atoms with Crippen molar-refractivity contribution in [1.29, 1.82) is 0 Å². The molecular formula is C10H15NO5S2. The molecule has 1 aromatic rings. The van der Waals surface area contributed by atoms with Crippen LogP contribution in [-0.4, -0.2) is 28.1 Å². The Bertz CT molecular complexity index is 506. The van der Waals surface area contributed by atoms with Crippen LogP contribution in [0.4, 0.5) is 0 Å². The fourth-order valence-electron chi connectivity index (χ4n) is 1.07. The molecule has 0 aliphatic rings. The minimum Gasteiger partial charge on any atom is -0.465 e. The molecule has 1 N–H and O–H groups in total. The van der Waals surface area contributed by atoms with Crippen LogP contribution in [0.3, 0.4) is 0 Å². The van der Waals surface area contributed by atoms with Gasteiger partial charge in [0.15, 0.2) is 0 Å². The van der Waals surface area contributed by atoms with E-state index in [0.717, 1.165) is 11.3 Å². The van der Waals surface area contributed by atoms with Crippen LogP contribution >= 0.6 is 11.3 Å². The third kappa shape index (κ3) is 3.77. The van der Waals surface area contributed by atoms with E-state index < -0.39 is 16.0 Å². The SMILES string of the molecule is COC(=O)c1sccc1S(=O)(=O)NOCC(C)C. The normalized spacial score (nSPS) is 11.8. The fraction of sp³-hybridized carbons (Fsp3) is 0.500. The monoisotopic (exact) mass is 293 g/mol. The number of hydrogen-bond donors (Lipinski definition) is 1.